The van der Waals surface area contributed by atoms with Gasteiger partial charge in [-0.3, -0.25) is 14.5 Å². The molecule has 248 valence electrons. The standard InChI is InChI=1S/C34H41N7O6/c1-4-5-6-9-20-46-34(44)47-23-38-32(35)24-11-14-26(15-12-24)37-22-30-39-27-21-25(13-16-28(27)40(30)2)33(43)41(19-17-31(42)45-3)29-10-7-8-18-36-29/h7-8,10-16,18,21,37H,4-6,9,17,19-20,22-23H2,1-3H3,(H2,35,38). The van der Waals surface area contributed by atoms with Crippen LogP contribution < -0.4 is 16.0 Å². The number of aromatic nitrogens is 3. The minimum Gasteiger partial charge on any atom is -0.469 e. The molecule has 0 saturated carbocycles. The number of benzene rings is 2. The van der Waals surface area contributed by atoms with Crippen molar-refractivity contribution in [2.45, 2.75) is 45.6 Å². The van der Waals surface area contributed by atoms with Gasteiger partial charge in [-0.25, -0.2) is 19.8 Å². The first kappa shape index (κ1) is 34.4. The zero-order valence-corrected chi connectivity index (χ0v) is 27.0. The number of fused-ring (bicyclic) bond motifs is 1. The van der Waals surface area contributed by atoms with Gasteiger partial charge in [-0.2, -0.15) is 0 Å². The van der Waals surface area contributed by atoms with E-state index in [9.17, 15) is 14.4 Å². The highest BCUT2D eigenvalue weighted by Crippen LogP contribution is 2.21. The summed E-state index contributed by atoms with van der Waals surface area (Å²) in [6.45, 7) is 2.76. The molecule has 2 aromatic heterocycles. The van der Waals surface area contributed by atoms with Crippen LogP contribution in [-0.4, -0.2) is 65.4 Å². The number of carbonyl (C=O) groups is 3. The normalized spacial score (nSPS) is 11.3. The Morgan fingerprint density at radius 3 is 2.51 bits per heavy atom. The predicted octanol–water partition coefficient (Wildman–Crippen LogP) is 5.19. The van der Waals surface area contributed by atoms with Gasteiger partial charge in [0.2, 0.25) is 0 Å². The first-order chi connectivity index (χ1) is 22.8. The van der Waals surface area contributed by atoms with Crippen LogP contribution in [0.3, 0.4) is 0 Å². The molecule has 0 atom stereocenters. The Morgan fingerprint density at radius 2 is 1.79 bits per heavy atom. The summed E-state index contributed by atoms with van der Waals surface area (Å²) in [7, 11) is 3.22. The van der Waals surface area contributed by atoms with Crippen molar-refractivity contribution in [2.75, 3.05) is 37.2 Å². The van der Waals surface area contributed by atoms with Gasteiger partial charge in [0.15, 0.2) is 6.73 Å². The summed E-state index contributed by atoms with van der Waals surface area (Å²) in [5, 5.41) is 3.35. The van der Waals surface area contributed by atoms with Crippen LogP contribution in [0.4, 0.5) is 16.3 Å². The fourth-order valence-electron chi connectivity index (χ4n) is 4.75. The van der Waals surface area contributed by atoms with Crippen LogP contribution in [0.2, 0.25) is 0 Å². The second kappa shape index (κ2) is 17.3. The van der Waals surface area contributed by atoms with Gasteiger partial charge in [0, 0.05) is 36.6 Å². The van der Waals surface area contributed by atoms with Crippen molar-refractivity contribution in [1.29, 1.82) is 0 Å². The van der Waals surface area contributed by atoms with Gasteiger partial charge < -0.3 is 29.8 Å². The quantitative estimate of drug-likeness (QED) is 0.0719. The van der Waals surface area contributed by atoms with Gasteiger partial charge in [0.05, 0.1) is 37.7 Å². The van der Waals surface area contributed by atoms with Crippen molar-refractivity contribution in [2.24, 2.45) is 17.8 Å². The fourth-order valence-corrected chi connectivity index (χ4v) is 4.75. The number of nitrogens with one attached hydrogen (secondary N) is 1. The van der Waals surface area contributed by atoms with Crippen molar-refractivity contribution in [3.63, 3.8) is 0 Å². The average molecular weight is 644 g/mol. The number of amides is 1. The van der Waals surface area contributed by atoms with Gasteiger partial charge in [-0.05, 0) is 61.0 Å². The van der Waals surface area contributed by atoms with E-state index in [1.165, 1.54) is 12.0 Å². The number of nitrogens with zero attached hydrogens (tertiary/aromatic N) is 5. The molecule has 0 radical (unpaired) electrons. The molecule has 0 unspecified atom stereocenters. The number of esters is 1. The Bertz CT molecular complexity index is 1670. The number of unbranched alkanes of at least 4 members (excludes halogenated alkanes) is 3. The minimum absolute atomic E-state index is 0.0327. The molecule has 1 amide bonds. The molecule has 2 heterocycles. The van der Waals surface area contributed by atoms with Crippen molar-refractivity contribution >= 4 is 46.4 Å². The summed E-state index contributed by atoms with van der Waals surface area (Å²) < 4.78 is 16.7. The maximum Gasteiger partial charge on any atom is 0.510 e. The molecule has 0 saturated heterocycles. The lowest BCUT2D eigenvalue weighted by atomic mass is 10.1. The van der Waals surface area contributed by atoms with Crippen molar-refractivity contribution in [3.05, 3.63) is 83.8 Å². The largest absolute Gasteiger partial charge is 0.510 e. The van der Waals surface area contributed by atoms with Gasteiger partial charge in [-0.1, -0.05) is 32.3 Å². The first-order valence-corrected chi connectivity index (χ1v) is 15.5. The third-order valence-corrected chi connectivity index (χ3v) is 7.42. The van der Waals surface area contributed by atoms with E-state index in [4.69, 9.17) is 24.9 Å². The monoisotopic (exact) mass is 643 g/mol. The topological polar surface area (TPSA) is 163 Å². The molecule has 0 bridgehead atoms. The molecular formula is C34H41N7O6. The van der Waals surface area contributed by atoms with Crippen LogP contribution in [0, 0.1) is 0 Å². The number of hydrogen-bond acceptors (Lipinski definition) is 10. The Kier molecular flexibility index (Phi) is 12.7. The number of aryl methyl sites for hydroxylation is 1. The number of carbonyl (C=O) groups excluding carboxylic acids is 3. The Balaban J connectivity index is 1.35. The zero-order valence-electron chi connectivity index (χ0n) is 27.0. The Hall–Kier alpha value is -5.46. The smallest absolute Gasteiger partial charge is 0.469 e. The van der Waals surface area contributed by atoms with E-state index in [2.05, 4.69) is 22.2 Å². The lowest BCUT2D eigenvalue weighted by Gasteiger charge is -2.21. The summed E-state index contributed by atoms with van der Waals surface area (Å²) in [6, 6.07) is 17.9. The van der Waals surface area contributed by atoms with E-state index in [0.29, 0.717) is 35.6 Å². The molecule has 0 aliphatic heterocycles. The third kappa shape index (κ3) is 9.76. The van der Waals surface area contributed by atoms with Gasteiger partial charge in [-0.15, -0.1) is 0 Å². The molecule has 13 nitrogen and oxygen atoms in total. The summed E-state index contributed by atoms with van der Waals surface area (Å²) in [6.07, 6.45) is 4.90. The lowest BCUT2D eigenvalue weighted by molar-refractivity contribution is -0.140. The Morgan fingerprint density at radius 1 is 1.00 bits per heavy atom. The van der Waals surface area contributed by atoms with E-state index in [-0.39, 0.29) is 31.4 Å². The second-order valence-corrected chi connectivity index (χ2v) is 10.7. The number of imidazole rings is 1. The number of hydrogen-bond donors (Lipinski definition) is 2. The number of nitrogens with two attached hydrogens (primary N) is 1. The van der Waals surface area contributed by atoms with E-state index >= 15 is 0 Å². The summed E-state index contributed by atoms with van der Waals surface area (Å²) in [5.74, 6) is 0.718. The van der Waals surface area contributed by atoms with Crippen LogP contribution in [-0.2, 0) is 32.6 Å². The van der Waals surface area contributed by atoms with Crippen molar-refractivity contribution in [3.8, 4) is 0 Å². The summed E-state index contributed by atoms with van der Waals surface area (Å²) in [4.78, 5) is 51.7. The van der Waals surface area contributed by atoms with E-state index in [0.717, 1.165) is 42.7 Å². The van der Waals surface area contributed by atoms with E-state index in [1.54, 1.807) is 36.5 Å². The number of pyridine rings is 1. The maximum atomic E-state index is 13.6. The molecule has 0 spiro atoms. The molecule has 3 N–H and O–H groups in total. The predicted molar refractivity (Wildman–Crippen MR) is 179 cm³/mol. The lowest BCUT2D eigenvalue weighted by Crippen LogP contribution is -2.33. The van der Waals surface area contributed by atoms with Crippen molar-refractivity contribution in [1.82, 2.24) is 14.5 Å². The molecule has 0 aliphatic carbocycles. The number of anilines is 2. The van der Waals surface area contributed by atoms with Crippen LogP contribution in [0.5, 0.6) is 0 Å². The second-order valence-electron chi connectivity index (χ2n) is 10.7. The van der Waals surface area contributed by atoms with Gasteiger partial charge >= 0.3 is 12.1 Å². The molecule has 0 fully saturated rings. The molecule has 4 rings (SSSR count). The fraction of sp³-hybridized carbons (Fsp3) is 0.353. The van der Waals surface area contributed by atoms with Gasteiger partial charge in [0.25, 0.3) is 5.91 Å². The number of ether oxygens (including phenoxy) is 3. The molecular weight excluding hydrogens is 602 g/mol. The van der Waals surface area contributed by atoms with Crippen LogP contribution >= 0.6 is 0 Å². The van der Waals surface area contributed by atoms with Crippen LogP contribution in [0.25, 0.3) is 11.0 Å². The van der Waals surface area contributed by atoms with Crippen LogP contribution in [0.15, 0.2) is 71.9 Å². The summed E-state index contributed by atoms with van der Waals surface area (Å²) >= 11 is 0. The minimum atomic E-state index is -0.760. The molecule has 0 aliphatic rings. The molecule has 4 aromatic rings. The molecule has 2 aromatic carbocycles. The Labute approximate surface area is 273 Å². The SMILES string of the molecule is CCCCCCOC(=O)OC/N=C(/N)c1ccc(NCc2nc3cc(C(=O)N(CCC(=O)OC)c4ccccn4)ccc3n2C)cc1. The highest BCUT2D eigenvalue weighted by molar-refractivity contribution is 6.07. The third-order valence-electron chi connectivity index (χ3n) is 7.42. The highest BCUT2D eigenvalue weighted by Gasteiger charge is 2.21. The molecule has 13 heteroatoms. The van der Waals surface area contributed by atoms with Gasteiger partial charge in [0.1, 0.15) is 17.5 Å². The number of aliphatic imine (C=N–C) groups is 1. The highest BCUT2D eigenvalue weighted by atomic mass is 16.7. The number of methoxy groups -OCH3 is 1. The maximum absolute atomic E-state index is 13.6. The zero-order chi connectivity index (χ0) is 33.6. The van der Waals surface area contributed by atoms with Crippen LogP contribution in [0.1, 0.15) is 60.8 Å². The number of amidine groups is 1. The molecule has 47 heavy (non-hydrogen) atoms. The average Bonchev–Trinajstić information content (AvgIpc) is 3.41. The van der Waals surface area contributed by atoms with E-state index in [1.807, 2.05) is 41.9 Å². The summed E-state index contributed by atoms with van der Waals surface area (Å²) in [5.41, 5.74) is 9.53. The number of rotatable bonds is 16. The first-order valence-electron chi connectivity index (χ1n) is 15.5. The van der Waals surface area contributed by atoms with E-state index < -0.39 is 12.1 Å². The van der Waals surface area contributed by atoms with Crippen molar-refractivity contribution < 1.29 is 28.6 Å².